The second-order valence-corrected chi connectivity index (χ2v) is 10.9. The Hall–Kier alpha value is -2.28. The van der Waals surface area contributed by atoms with E-state index in [0.29, 0.717) is 34.4 Å². The summed E-state index contributed by atoms with van der Waals surface area (Å²) in [6.45, 7) is 9.85. The van der Waals surface area contributed by atoms with Gasteiger partial charge in [0, 0.05) is 48.0 Å². The van der Waals surface area contributed by atoms with Gasteiger partial charge in [0.2, 0.25) is 0 Å². The van der Waals surface area contributed by atoms with Crippen molar-refractivity contribution in [1.29, 1.82) is 0 Å². The highest BCUT2D eigenvalue weighted by atomic mass is 79.9. The molecule has 1 aromatic carbocycles. The van der Waals surface area contributed by atoms with E-state index in [2.05, 4.69) is 35.1 Å². The molecule has 3 aliphatic rings. The molecule has 4 rings (SSSR count). The molecule has 1 fully saturated rings. The molecular weight excluding hydrogens is 484 g/mol. The predicted molar refractivity (Wildman–Crippen MR) is 131 cm³/mol. The molecule has 7 heteroatoms. The zero-order valence-electron chi connectivity index (χ0n) is 19.9. The first kappa shape index (κ1) is 23.9. The molecule has 0 saturated carbocycles. The number of ether oxygens (including phenoxy) is 1. The smallest absolute Gasteiger partial charge is 0.252 e. The Morgan fingerprint density at radius 3 is 2.61 bits per heavy atom. The SMILES string of the molecule is CCOc1cc([C@H]2C(C(=O)N3CCCCC3)=C(C)NC3=C2C(=O)CC(C)(C)C3)cc(Br)c1O. The summed E-state index contributed by atoms with van der Waals surface area (Å²) in [6, 6.07) is 3.58. The number of halogens is 1. The number of carbonyl (C=O) groups is 2. The van der Waals surface area contributed by atoms with E-state index >= 15 is 0 Å². The van der Waals surface area contributed by atoms with E-state index in [-0.39, 0.29) is 22.9 Å². The van der Waals surface area contributed by atoms with E-state index in [1.54, 1.807) is 6.07 Å². The average molecular weight is 517 g/mol. The van der Waals surface area contributed by atoms with Gasteiger partial charge in [0.15, 0.2) is 17.3 Å². The first-order chi connectivity index (χ1) is 15.6. The molecule has 0 bridgehead atoms. The van der Waals surface area contributed by atoms with Crippen molar-refractivity contribution >= 4 is 27.6 Å². The van der Waals surface area contributed by atoms with Crippen molar-refractivity contribution in [1.82, 2.24) is 10.2 Å². The molecule has 2 N–H and O–H groups in total. The molecule has 1 amide bonds. The van der Waals surface area contributed by atoms with Crippen molar-refractivity contribution in [2.75, 3.05) is 19.7 Å². The molecule has 1 aromatic rings. The Bertz CT molecular complexity index is 1050. The number of hydrogen-bond acceptors (Lipinski definition) is 5. The summed E-state index contributed by atoms with van der Waals surface area (Å²) in [4.78, 5) is 29.2. The maximum absolute atomic E-state index is 13.8. The number of dihydropyridines is 1. The van der Waals surface area contributed by atoms with Gasteiger partial charge in [-0.05, 0) is 78.6 Å². The van der Waals surface area contributed by atoms with Crippen LogP contribution in [0.4, 0.5) is 0 Å². The number of ketones is 1. The third-order valence-electron chi connectivity index (χ3n) is 6.80. The van der Waals surface area contributed by atoms with Gasteiger partial charge in [0.25, 0.3) is 5.91 Å². The number of phenolic OH excluding ortho intramolecular Hbond substituents is 1. The molecule has 1 atom stereocenters. The lowest BCUT2D eigenvalue weighted by atomic mass is 9.68. The van der Waals surface area contributed by atoms with Crippen molar-refractivity contribution in [2.45, 2.75) is 65.7 Å². The van der Waals surface area contributed by atoms with Gasteiger partial charge in [-0.1, -0.05) is 13.8 Å². The molecule has 33 heavy (non-hydrogen) atoms. The van der Waals surface area contributed by atoms with Crippen LogP contribution >= 0.6 is 15.9 Å². The topological polar surface area (TPSA) is 78.9 Å². The first-order valence-corrected chi connectivity index (χ1v) is 12.6. The van der Waals surface area contributed by atoms with Crippen molar-refractivity contribution < 1.29 is 19.4 Å². The molecule has 1 saturated heterocycles. The second kappa shape index (κ2) is 9.16. The number of Topliss-reactive ketones (excluding diaryl/α,β-unsaturated/α-hetero) is 1. The van der Waals surface area contributed by atoms with Gasteiger partial charge in [-0.3, -0.25) is 9.59 Å². The zero-order chi connectivity index (χ0) is 23.9. The van der Waals surface area contributed by atoms with E-state index in [4.69, 9.17) is 4.74 Å². The van der Waals surface area contributed by atoms with E-state index in [0.717, 1.165) is 55.7 Å². The minimum absolute atomic E-state index is 0.0176. The van der Waals surface area contributed by atoms with Gasteiger partial charge >= 0.3 is 0 Å². The van der Waals surface area contributed by atoms with Crippen molar-refractivity contribution in [3.05, 3.63) is 44.7 Å². The predicted octanol–water partition coefficient (Wildman–Crippen LogP) is 5.17. The van der Waals surface area contributed by atoms with Crippen LogP contribution in [0.15, 0.2) is 39.1 Å². The molecule has 0 spiro atoms. The van der Waals surface area contributed by atoms with Gasteiger partial charge < -0.3 is 20.1 Å². The number of rotatable bonds is 4. The highest BCUT2D eigenvalue weighted by molar-refractivity contribution is 9.10. The van der Waals surface area contributed by atoms with E-state index in [9.17, 15) is 14.7 Å². The fourth-order valence-electron chi connectivity index (χ4n) is 5.35. The Morgan fingerprint density at radius 2 is 1.94 bits per heavy atom. The van der Waals surface area contributed by atoms with Gasteiger partial charge in [-0.25, -0.2) is 0 Å². The summed E-state index contributed by atoms with van der Waals surface area (Å²) >= 11 is 3.45. The van der Waals surface area contributed by atoms with E-state index < -0.39 is 5.92 Å². The third kappa shape index (κ3) is 4.57. The zero-order valence-corrected chi connectivity index (χ0v) is 21.5. The van der Waals surface area contributed by atoms with Crippen LogP contribution in [-0.2, 0) is 9.59 Å². The normalized spacial score (nSPS) is 22.8. The first-order valence-electron chi connectivity index (χ1n) is 11.8. The minimum Gasteiger partial charge on any atom is -0.503 e. The molecule has 2 aliphatic heterocycles. The summed E-state index contributed by atoms with van der Waals surface area (Å²) in [5.41, 5.74) is 3.60. The summed E-state index contributed by atoms with van der Waals surface area (Å²) < 4.78 is 6.16. The van der Waals surface area contributed by atoms with Crippen molar-refractivity contribution in [3.63, 3.8) is 0 Å². The van der Waals surface area contributed by atoms with Crippen LogP contribution < -0.4 is 10.1 Å². The molecule has 0 unspecified atom stereocenters. The third-order valence-corrected chi connectivity index (χ3v) is 7.40. The molecule has 0 aromatic heterocycles. The Labute approximate surface area is 204 Å². The Morgan fingerprint density at radius 1 is 1.24 bits per heavy atom. The largest absolute Gasteiger partial charge is 0.503 e. The Kier molecular flexibility index (Phi) is 6.63. The van der Waals surface area contributed by atoms with Crippen LogP contribution in [0.2, 0.25) is 0 Å². The number of phenols is 1. The number of amides is 1. The second-order valence-electron chi connectivity index (χ2n) is 10.1. The molecule has 178 valence electrons. The number of likely N-dealkylation sites (tertiary alicyclic amines) is 1. The lowest BCUT2D eigenvalue weighted by Gasteiger charge is -2.41. The van der Waals surface area contributed by atoms with Crippen LogP contribution in [0.3, 0.4) is 0 Å². The lowest BCUT2D eigenvalue weighted by molar-refractivity contribution is -0.128. The number of benzene rings is 1. The van der Waals surface area contributed by atoms with Crippen LogP contribution in [-0.4, -0.2) is 41.4 Å². The summed E-state index contributed by atoms with van der Waals surface area (Å²) in [6.07, 6.45) is 4.30. The number of nitrogens with zero attached hydrogens (tertiary/aromatic N) is 1. The minimum atomic E-state index is -0.504. The van der Waals surface area contributed by atoms with Gasteiger partial charge in [-0.15, -0.1) is 0 Å². The average Bonchev–Trinajstić information content (AvgIpc) is 2.75. The van der Waals surface area contributed by atoms with Crippen LogP contribution in [0.25, 0.3) is 0 Å². The van der Waals surface area contributed by atoms with Crippen LogP contribution in [0, 0.1) is 5.41 Å². The lowest BCUT2D eigenvalue weighted by Crippen LogP contribution is -2.43. The number of piperidine rings is 1. The number of hydrogen-bond donors (Lipinski definition) is 2. The fraction of sp³-hybridized carbons (Fsp3) is 0.538. The molecule has 0 radical (unpaired) electrons. The highest BCUT2D eigenvalue weighted by Crippen LogP contribution is 2.49. The standard InChI is InChI=1S/C26H33BrN2O4/c1-5-33-20-12-16(11-17(27)24(20)31)22-21(25(32)29-9-7-6-8-10-29)15(2)28-18-13-26(3,4)14-19(30)23(18)22/h11-12,22,28,31H,5-10,13-14H2,1-4H3/t22-/m0/s1. The summed E-state index contributed by atoms with van der Waals surface area (Å²) in [5, 5.41) is 13.9. The van der Waals surface area contributed by atoms with E-state index in [1.165, 1.54) is 0 Å². The van der Waals surface area contributed by atoms with Crippen LogP contribution in [0.5, 0.6) is 11.5 Å². The van der Waals surface area contributed by atoms with Crippen molar-refractivity contribution in [3.8, 4) is 11.5 Å². The van der Waals surface area contributed by atoms with Crippen molar-refractivity contribution in [2.24, 2.45) is 5.41 Å². The van der Waals surface area contributed by atoms with Gasteiger partial charge in [0.05, 0.1) is 11.1 Å². The molecule has 2 heterocycles. The molecule has 1 aliphatic carbocycles. The fourth-order valence-corrected chi connectivity index (χ4v) is 5.81. The number of aromatic hydroxyl groups is 1. The summed E-state index contributed by atoms with van der Waals surface area (Å²) in [7, 11) is 0. The molecular formula is C26H33BrN2O4. The maximum Gasteiger partial charge on any atom is 0.252 e. The monoisotopic (exact) mass is 516 g/mol. The quantitative estimate of drug-likeness (QED) is 0.576. The Balaban J connectivity index is 1.88. The number of allylic oxidation sites excluding steroid dienone is 3. The number of carbonyl (C=O) groups excluding carboxylic acids is 2. The molecule has 6 nitrogen and oxygen atoms in total. The maximum atomic E-state index is 13.8. The summed E-state index contributed by atoms with van der Waals surface area (Å²) in [5.74, 6) is -0.0956. The van der Waals surface area contributed by atoms with E-state index in [1.807, 2.05) is 24.8 Å². The van der Waals surface area contributed by atoms with Gasteiger partial charge in [-0.2, -0.15) is 0 Å². The number of nitrogens with one attached hydrogen (secondary N) is 1. The van der Waals surface area contributed by atoms with Gasteiger partial charge in [0.1, 0.15) is 0 Å². The highest BCUT2D eigenvalue weighted by Gasteiger charge is 2.43. The van der Waals surface area contributed by atoms with Crippen LogP contribution in [0.1, 0.15) is 71.3 Å².